The molecule has 0 saturated heterocycles. The van der Waals surface area contributed by atoms with Crippen LogP contribution in [-0.2, 0) is 40.1 Å². The average Bonchev–Trinajstić information content (AvgIpc) is 3.00. The van der Waals surface area contributed by atoms with Gasteiger partial charge in [-0.15, -0.1) is 0 Å². The van der Waals surface area contributed by atoms with E-state index in [4.69, 9.17) is 92.8 Å². The average molecular weight is 1020 g/mol. The smallest absolute Gasteiger partial charge is 0.200 e. The third-order valence-corrected chi connectivity index (χ3v) is 17.4. The monoisotopic (exact) mass is 1020 g/mol. The second-order valence-electron chi connectivity index (χ2n) is 10.5. The SMILES string of the molecule is O=S(=O)(c1cc(Cl)cc(Cl)c1)N(c1ccc(Br)c(N(S(=O)(=O)c2cc(Cl)cc(Cl)c2)S(=O)(=O)c2cc(Cl)cc(Cl)c2)c1)S(=O)(=O)c1cc(Cl)cc(Cl)c1. The highest BCUT2D eigenvalue weighted by atomic mass is 79.9. The second-order valence-corrected chi connectivity index (χ2v) is 22.4. The molecule has 0 aliphatic heterocycles. The quantitative estimate of drug-likeness (QED) is 0.135. The van der Waals surface area contributed by atoms with E-state index in [1.54, 1.807) is 0 Å². The Labute approximate surface area is 353 Å². The number of sulfonamides is 4. The molecule has 23 heteroatoms. The highest BCUT2D eigenvalue weighted by Crippen LogP contribution is 2.43. The Bertz CT molecular complexity index is 2530. The van der Waals surface area contributed by atoms with E-state index in [2.05, 4.69) is 15.9 Å². The summed E-state index contributed by atoms with van der Waals surface area (Å²) in [6.07, 6.45) is 0. The number of hydrogen-bond donors (Lipinski definition) is 0. The van der Waals surface area contributed by atoms with Gasteiger partial charge in [-0.05, 0) is 107 Å². The van der Waals surface area contributed by atoms with E-state index in [0.29, 0.717) is 6.07 Å². The standard InChI is InChI=1S/C30H15BrCl8N2O8S4/c31-29-2-1-24(40(50(42,43)25-7-16(32)3-17(33)8-25)51(44,45)26-9-18(34)4-19(35)10-26)15-30(29)41(52(46,47)27-11-20(36)5-21(37)12-27)53(48,49)28-13-22(38)6-23(39)14-28/h1-15H. The van der Waals surface area contributed by atoms with E-state index >= 15 is 0 Å². The first-order valence-corrected chi connectivity index (χ1v) is 23.3. The Morgan fingerprint density at radius 2 is 0.604 bits per heavy atom. The van der Waals surface area contributed by atoms with Crippen molar-refractivity contribution in [3.63, 3.8) is 0 Å². The highest BCUT2D eigenvalue weighted by molar-refractivity contribution is 9.10. The van der Waals surface area contributed by atoms with Crippen LogP contribution < -0.4 is 7.42 Å². The van der Waals surface area contributed by atoms with Crippen LogP contribution in [0.5, 0.6) is 0 Å². The van der Waals surface area contributed by atoms with Crippen LogP contribution in [-0.4, -0.2) is 33.7 Å². The van der Waals surface area contributed by atoms with Crippen molar-refractivity contribution in [2.75, 3.05) is 7.42 Å². The molecule has 0 unspecified atom stereocenters. The van der Waals surface area contributed by atoms with Gasteiger partial charge in [0, 0.05) is 44.7 Å². The lowest BCUT2D eigenvalue weighted by atomic mass is 10.3. The largest absolute Gasteiger partial charge is 0.277 e. The van der Waals surface area contributed by atoms with Crippen molar-refractivity contribution in [3.8, 4) is 0 Å². The van der Waals surface area contributed by atoms with Crippen LogP contribution in [0.1, 0.15) is 0 Å². The van der Waals surface area contributed by atoms with Gasteiger partial charge in [0.2, 0.25) is 0 Å². The zero-order valence-corrected chi connectivity index (χ0v) is 36.3. The minimum absolute atomic E-state index is 0.0934. The molecule has 0 spiro atoms. The normalized spacial score (nSPS) is 12.5. The number of halogens is 9. The first kappa shape index (κ1) is 42.4. The summed E-state index contributed by atoms with van der Waals surface area (Å²) in [6, 6.07) is 14.6. The summed E-state index contributed by atoms with van der Waals surface area (Å²) in [6.45, 7) is 0. The molecule has 280 valence electrons. The molecule has 0 saturated carbocycles. The maximum absolute atomic E-state index is 14.5. The van der Waals surface area contributed by atoms with Crippen LogP contribution in [0, 0.1) is 0 Å². The first-order chi connectivity index (χ1) is 24.4. The van der Waals surface area contributed by atoms with Crippen LogP contribution in [0.2, 0.25) is 40.2 Å². The summed E-state index contributed by atoms with van der Waals surface area (Å²) < 4.78 is 115. The molecule has 0 N–H and O–H groups in total. The van der Waals surface area contributed by atoms with Gasteiger partial charge in [0.1, 0.15) is 0 Å². The Hall–Kier alpha value is -1.70. The maximum Gasteiger partial charge on any atom is 0.277 e. The van der Waals surface area contributed by atoms with Gasteiger partial charge < -0.3 is 0 Å². The van der Waals surface area contributed by atoms with E-state index in [9.17, 15) is 33.7 Å². The van der Waals surface area contributed by atoms with E-state index in [1.807, 2.05) is 0 Å². The number of anilines is 2. The summed E-state index contributed by atoms with van der Waals surface area (Å²) in [5.41, 5.74) is -1.63. The lowest BCUT2D eigenvalue weighted by Crippen LogP contribution is -2.39. The Morgan fingerprint density at radius 3 is 0.868 bits per heavy atom. The fourth-order valence-corrected chi connectivity index (χ4v) is 15.6. The minimum atomic E-state index is -5.32. The van der Waals surface area contributed by atoms with E-state index in [-0.39, 0.29) is 52.1 Å². The van der Waals surface area contributed by atoms with Crippen molar-refractivity contribution in [1.29, 1.82) is 0 Å². The molecule has 0 atom stereocenters. The summed E-state index contributed by atoms with van der Waals surface area (Å²) in [5.74, 6) is 0. The van der Waals surface area contributed by atoms with Gasteiger partial charge in [0.05, 0.1) is 31.0 Å². The molecule has 10 nitrogen and oxygen atoms in total. The van der Waals surface area contributed by atoms with Gasteiger partial charge in [-0.2, -0.15) is 7.42 Å². The molecular formula is C30H15BrCl8N2O8S4. The van der Waals surface area contributed by atoms with Crippen molar-refractivity contribution < 1.29 is 33.7 Å². The zero-order valence-electron chi connectivity index (χ0n) is 25.4. The third-order valence-electron chi connectivity index (χ3n) is 6.75. The molecule has 0 aliphatic rings. The fourth-order valence-electron chi connectivity index (χ4n) is 4.64. The van der Waals surface area contributed by atoms with Crippen molar-refractivity contribution in [3.05, 3.63) is 136 Å². The Morgan fingerprint density at radius 1 is 0.358 bits per heavy atom. The summed E-state index contributed by atoms with van der Waals surface area (Å²) in [5, 5.41) is -1.57. The van der Waals surface area contributed by atoms with Crippen molar-refractivity contribution in [2.24, 2.45) is 0 Å². The molecule has 5 rings (SSSR count). The van der Waals surface area contributed by atoms with Gasteiger partial charge in [0.15, 0.2) is 0 Å². The molecular weight excluding hydrogens is 1010 g/mol. The lowest BCUT2D eigenvalue weighted by molar-refractivity contribution is 0.581. The lowest BCUT2D eigenvalue weighted by Gasteiger charge is -2.28. The van der Waals surface area contributed by atoms with Gasteiger partial charge in [-0.3, -0.25) is 0 Å². The van der Waals surface area contributed by atoms with Crippen LogP contribution in [0.3, 0.4) is 0 Å². The second kappa shape index (κ2) is 15.7. The molecule has 0 bridgehead atoms. The first-order valence-electron chi connectivity index (χ1n) is 13.7. The van der Waals surface area contributed by atoms with Crippen LogP contribution in [0.15, 0.2) is 115 Å². The molecule has 0 amide bonds. The predicted molar refractivity (Wildman–Crippen MR) is 214 cm³/mol. The number of rotatable bonds is 10. The molecule has 5 aromatic rings. The number of nitrogens with zero attached hydrogens (tertiary/aromatic N) is 2. The Balaban J connectivity index is 1.90. The van der Waals surface area contributed by atoms with Gasteiger partial charge in [-0.1, -0.05) is 92.8 Å². The Kier molecular flexibility index (Phi) is 12.6. The van der Waals surface area contributed by atoms with Crippen LogP contribution in [0.4, 0.5) is 11.4 Å². The van der Waals surface area contributed by atoms with Crippen molar-refractivity contribution in [1.82, 2.24) is 0 Å². The van der Waals surface area contributed by atoms with Crippen LogP contribution in [0.25, 0.3) is 0 Å². The van der Waals surface area contributed by atoms with E-state index in [1.165, 1.54) is 24.3 Å². The molecule has 53 heavy (non-hydrogen) atoms. The van der Waals surface area contributed by atoms with E-state index < -0.39 is 71.0 Å². The molecule has 0 fully saturated rings. The highest BCUT2D eigenvalue weighted by Gasteiger charge is 2.42. The molecule has 0 heterocycles. The zero-order chi connectivity index (χ0) is 39.4. The van der Waals surface area contributed by atoms with Crippen molar-refractivity contribution in [2.45, 2.75) is 19.6 Å². The molecule has 5 aromatic carbocycles. The predicted octanol–water partition coefficient (Wildman–Crippen LogP) is 10.8. The molecule has 0 radical (unpaired) electrons. The van der Waals surface area contributed by atoms with Crippen molar-refractivity contribution >= 4 is 160 Å². The maximum atomic E-state index is 14.5. The topological polar surface area (TPSA) is 143 Å². The van der Waals surface area contributed by atoms with Crippen LogP contribution >= 0.6 is 109 Å². The van der Waals surface area contributed by atoms with Gasteiger partial charge in [0.25, 0.3) is 40.1 Å². The number of hydrogen-bond acceptors (Lipinski definition) is 8. The molecule has 0 aliphatic carbocycles. The van der Waals surface area contributed by atoms with Gasteiger partial charge >= 0.3 is 0 Å². The van der Waals surface area contributed by atoms with Gasteiger partial charge in [-0.25, -0.2) is 33.7 Å². The summed E-state index contributed by atoms with van der Waals surface area (Å²) in [4.78, 5) is -2.92. The third kappa shape index (κ3) is 8.83. The fraction of sp³-hybridized carbons (Fsp3) is 0. The summed E-state index contributed by atoms with van der Waals surface area (Å²) >= 11 is 51.9. The van der Waals surface area contributed by atoms with E-state index in [0.717, 1.165) is 60.7 Å². The molecule has 0 aromatic heterocycles. The summed E-state index contributed by atoms with van der Waals surface area (Å²) in [7, 11) is -21.2. The minimum Gasteiger partial charge on any atom is -0.200 e. The number of benzene rings is 5.